The van der Waals surface area contributed by atoms with Crippen molar-refractivity contribution in [3.05, 3.63) is 100.0 Å². The summed E-state index contributed by atoms with van der Waals surface area (Å²) >= 11 is 0. The number of carbonyl (C=O) groups excluding carboxylic acids is 1. The van der Waals surface area contributed by atoms with Gasteiger partial charge in [-0.15, -0.1) is 0 Å². The lowest BCUT2D eigenvalue weighted by Crippen LogP contribution is -2.37. The molecule has 1 atom stereocenters. The van der Waals surface area contributed by atoms with Crippen LogP contribution < -0.4 is 10.4 Å². The second-order valence-electron chi connectivity index (χ2n) is 11.5. The number of piperidine rings is 2. The maximum Gasteiger partial charge on any atom is 0.326 e. The molecule has 0 saturated carbocycles. The first-order valence-corrected chi connectivity index (χ1v) is 15.1. The second kappa shape index (κ2) is 12.4. The fourth-order valence-electron chi connectivity index (χ4n) is 6.67. The molecule has 6 rings (SSSR count). The fourth-order valence-corrected chi connectivity index (χ4v) is 6.67. The van der Waals surface area contributed by atoms with Gasteiger partial charge in [0.05, 0.1) is 18.1 Å². The number of H-pyrrole nitrogens is 1. The van der Waals surface area contributed by atoms with Crippen LogP contribution in [0.5, 0.6) is 5.75 Å². The van der Waals surface area contributed by atoms with Gasteiger partial charge in [0, 0.05) is 43.7 Å². The smallest absolute Gasteiger partial charge is 0.326 e. The van der Waals surface area contributed by atoms with Crippen molar-refractivity contribution in [2.24, 2.45) is 0 Å². The van der Waals surface area contributed by atoms with Crippen LogP contribution in [0, 0.1) is 0 Å². The van der Waals surface area contributed by atoms with Crippen molar-refractivity contribution in [1.29, 1.82) is 0 Å². The van der Waals surface area contributed by atoms with Gasteiger partial charge in [-0.25, -0.2) is 4.79 Å². The van der Waals surface area contributed by atoms with Crippen LogP contribution in [-0.4, -0.2) is 65.1 Å². The molecule has 7 heteroatoms. The zero-order chi connectivity index (χ0) is 28.2. The van der Waals surface area contributed by atoms with Crippen molar-refractivity contribution >= 4 is 16.9 Å². The molecule has 41 heavy (non-hydrogen) atoms. The molecule has 1 amide bonds. The minimum atomic E-state index is -0.00930. The number of benzene rings is 3. The number of likely N-dealkylation sites (tertiary alicyclic amines) is 2. The number of nitrogens with zero attached hydrogens (tertiary/aromatic N) is 3. The lowest BCUT2D eigenvalue weighted by Gasteiger charge is -2.33. The summed E-state index contributed by atoms with van der Waals surface area (Å²) in [6.07, 6.45) is 6.28. The third kappa shape index (κ3) is 5.96. The lowest BCUT2D eigenvalue weighted by atomic mass is 9.87. The van der Waals surface area contributed by atoms with Crippen molar-refractivity contribution in [1.82, 2.24) is 19.4 Å². The van der Waals surface area contributed by atoms with Crippen molar-refractivity contribution < 1.29 is 9.53 Å². The maximum absolute atomic E-state index is 13.1. The molecule has 2 saturated heterocycles. The first kappa shape index (κ1) is 27.3. The standard InChI is InChI=1S/C34H40N4O3/c1-41-29-9-7-8-27(24-29)30(25-12-14-26(15-13-25)33(39)37-19-5-2-6-20-37)18-23-36-21-16-28(17-22-36)38-32-11-4-3-10-31(32)35-34(38)40/h3-4,7-15,24,28,30H,2,5-6,16-23H2,1H3,(H,35,40). The number of carbonyl (C=O) groups is 1. The Labute approximate surface area is 241 Å². The fraction of sp³-hybridized carbons (Fsp3) is 0.412. The molecule has 2 aliphatic rings. The molecular weight excluding hydrogens is 512 g/mol. The molecule has 3 heterocycles. The first-order chi connectivity index (χ1) is 20.1. The number of methoxy groups -OCH3 is 1. The van der Waals surface area contributed by atoms with E-state index in [-0.39, 0.29) is 23.6 Å². The number of amides is 1. The Bertz CT molecular complexity index is 1530. The summed E-state index contributed by atoms with van der Waals surface area (Å²) < 4.78 is 7.51. The van der Waals surface area contributed by atoms with Crippen LogP contribution in [0.1, 0.15) is 72.0 Å². The van der Waals surface area contributed by atoms with Crippen LogP contribution >= 0.6 is 0 Å². The van der Waals surface area contributed by atoms with Crippen LogP contribution in [0.25, 0.3) is 11.0 Å². The SMILES string of the molecule is COc1cccc(C(CCN2CCC(n3c(=O)[nH]c4ccccc43)CC2)c2ccc(C(=O)N3CCCCC3)cc2)c1. The Morgan fingerprint density at radius 1 is 0.902 bits per heavy atom. The number of aromatic nitrogens is 2. The molecule has 0 spiro atoms. The minimum absolute atomic E-state index is 0.00930. The number of para-hydroxylation sites is 2. The maximum atomic E-state index is 13.1. The predicted molar refractivity (Wildman–Crippen MR) is 163 cm³/mol. The van der Waals surface area contributed by atoms with Gasteiger partial charge in [0.1, 0.15) is 5.75 Å². The molecule has 7 nitrogen and oxygen atoms in total. The van der Waals surface area contributed by atoms with E-state index >= 15 is 0 Å². The van der Waals surface area contributed by atoms with Gasteiger partial charge in [0.25, 0.3) is 5.91 Å². The lowest BCUT2D eigenvalue weighted by molar-refractivity contribution is 0.0724. The van der Waals surface area contributed by atoms with Crippen LogP contribution in [-0.2, 0) is 0 Å². The number of aromatic amines is 1. The number of nitrogens with one attached hydrogen (secondary N) is 1. The molecule has 0 aliphatic carbocycles. The van der Waals surface area contributed by atoms with Gasteiger partial charge in [-0.3, -0.25) is 9.36 Å². The summed E-state index contributed by atoms with van der Waals surface area (Å²) in [5.41, 5.74) is 5.11. The van der Waals surface area contributed by atoms with Crippen LogP contribution in [0.3, 0.4) is 0 Å². The number of ether oxygens (including phenoxy) is 1. The highest BCUT2D eigenvalue weighted by atomic mass is 16.5. The molecule has 214 valence electrons. The third-order valence-electron chi connectivity index (χ3n) is 8.98. The number of hydrogen-bond donors (Lipinski definition) is 1. The van der Waals surface area contributed by atoms with E-state index in [4.69, 9.17) is 4.74 Å². The van der Waals surface area contributed by atoms with Gasteiger partial charge >= 0.3 is 5.69 Å². The minimum Gasteiger partial charge on any atom is -0.497 e. The average molecular weight is 553 g/mol. The number of hydrogen-bond acceptors (Lipinski definition) is 4. The van der Waals surface area contributed by atoms with Gasteiger partial charge in [0.15, 0.2) is 0 Å². The van der Waals surface area contributed by atoms with E-state index < -0.39 is 0 Å². The molecule has 1 aromatic heterocycles. The molecule has 1 unspecified atom stereocenters. The molecular formula is C34H40N4O3. The quantitative estimate of drug-likeness (QED) is 0.299. The Morgan fingerprint density at radius 3 is 2.41 bits per heavy atom. The topological polar surface area (TPSA) is 70.6 Å². The Kier molecular flexibility index (Phi) is 8.23. The van der Waals surface area contributed by atoms with E-state index in [9.17, 15) is 9.59 Å². The monoisotopic (exact) mass is 552 g/mol. The van der Waals surface area contributed by atoms with Crippen molar-refractivity contribution in [3.8, 4) is 5.75 Å². The van der Waals surface area contributed by atoms with E-state index in [0.29, 0.717) is 0 Å². The van der Waals surface area contributed by atoms with Crippen molar-refractivity contribution in [3.63, 3.8) is 0 Å². The van der Waals surface area contributed by atoms with Gasteiger partial charge in [-0.2, -0.15) is 0 Å². The van der Waals surface area contributed by atoms with Crippen LogP contribution in [0.2, 0.25) is 0 Å². The zero-order valence-electron chi connectivity index (χ0n) is 23.9. The summed E-state index contributed by atoms with van der Waals surface area (Å²) in [7, 11) is 1.71. The molecule has 0 bridgehead atoms. The van der Waals surface area contributed by atoms with Crippen LogP contribution in [0.15, 0.2) is 77.6 Å². The van der Waals surface area contributed by atoms with E-state index in [1.54, 1.807) is 7.11 Å². The summed E-state index contributed by atoms with van der Waals surface area (Å²) in [4.78, 5) is 33.3. The molecule has 2 fully saturated rings. The highest BCUT2D eigenvalue weighted by Crippen LogP contribution is 2.32. The van der Waals surface area contributed by atoms with Crippen molar-refractivity contribution in [2.75, 3.05) is 39.8 Å². The molecule has 4 aromatic rings. The number of imidazole rings is 1. The Morgan fingerprint density at radius 2 is 1.66 bits per heavy atom. The zero-order valence-corrected chi connectivity index (χ0v) is 23.9. The van der Waals surface area contributed by atoms with E-state index in [1.807, 2.05) is 51.9 Å². The highest BCUT2D eigenvalue weighted by molar-refractivity contribution is 5.94. The van der Waals surface area contributed by atoms with E-state index in [2.05, 4.69) is 40.2 Å². The normalized spacial score (nSPS) is 17.5. The van der Waals surface area contributed by atoms with Gasteiger partial charge in [0.2, 0.25) is 0 Å². The van der Waals surface area contributed by atoms with Crippen molar-refractivity contribution in [2.45, 2.75) is 50.5 Å². The van der Waals surface area contributed by atoms with Crippen LogP contribution in [0.4, 0.5) is 0 Å². The van der Waals surface area contributed by atoms with E-state index in [1.165, 1.54) is 17.5 Å². The summed E-state index contributed by atoms with van der Waals surface area (Å²) in [6, 6.07) is 24.8. The summed E-state index contributed by atoms with van der Waals surface area (Å²) in [5.74, 6) is 1.19. The number of rotatable bonds is 8. The van der Waals surface area contributed by atoms with Gasteiger partial charge < -0.3 is 19.5 Å². The second-order valence-corrected chi connectivity index (χ2v) is 11.5. The summed E-state index contributed by atoms with van der Waals surface area (Å²) in [6.45, 7) is 4.61. The molecule has 3 aromatic carbocycles. The summed E-state index contributed by atoms with van der Waals surface area (Å²) in [5, 5.41) is 0. The largest absolute Gasteiger partial charge is 0.497 e. The molecule has 1 N–H and O–H groups in total. The number of fused-ring (bicyclic) bond motifs is 1. The van der Waals surface area contributed by atoms with E-state index in [0.717, 1.165) is 87.2 Å². The highest BCUT2D eigenvalue weighted by Gasteiger charge is 2.25. The third-order valence-corrected chi connectivity index (χ3v) is 8.98. The molecule has 2 aliphatic heterocycles. The predicted octanol–water partition coefficient (Wildman–Crippen LogP) is 5.82. The first-order valence-electron chi connectivity index (χ1n) is 15.1. The molecule has 0 radical (unpaired) electrons. The van der Waals surface area contributed by atoms with Gasteiger partial charge in [-0.05, 0) is 92.6 Å². The Balaban J connectivity index is 1.15. The van der Waals surface area contributed by atoms with Gasteiger partial charge in [-0.1, -0.05) is 36.4 Å². The average Bonchev–Trinajstić information content (AvgIpc) is 3.37. The Hall–Kier alpha value is -3.84.